The maximum absolute atomic E-state index is 14.3. The number of fused-ring (bicyclic) bond motifs is 5. The highest BCUT2D eigenvalue weighted by atomic mass is 35.5. The zero-order valence-corrected chi connectivity index (χ0v) is 32.9. The summed E-state index contributed by atoms with van der Waals surface area (Å²) in [7, 11) is 4.20. The second-order valence-corrected chi connectivity index (χ2v) is 16.3. The molecule has 1 aromatic carbocycles. The van der Waals surface area contributed by atoms with Gasteiger partial charge < -0.3 is 38.6 Å². The van der Waals surface area contributed by atoms with Crippen LogP contribution in [0.2, 0.25) is 5.02 Å². The standard InChI is InChI=1S/C38H54ClN3O10S/c1-21-12-11-13-28(49-10)38(47)20-27(50-35(46)40-38)22(2)33-37(6,52-33)29(51-34(45)23(3)41(7)30(43)14-15-36(4,5)53)19-31(44)42(8)25-17-24(16-21)18-26(48-9)32(25)39/h11-13,17-18,22-23,27-29,33,47,53H,14-16,19-20H2,1-10H3,(H,40,46)/b13-11+,21-12+/t22-,23-,27-,28+,29+,33+,37-,38+/m1/s1/i3D3,7D3. The molecule has 0 spiro atoms. The molecule has 0 radical (unpaired) electrons. The molecule has 0 aliphatic carbocycles. The number of esters is 1. The molecule has 8 atom stereocenters. The van der Waals surface area contributed by atoms with Gasteiger partial charge in [0.2, 0.25) is 11.8 Å². The zero-order valence-electron chi connectivity index (χ0n) is 37.2. The van der Waals surface area contributed by atoms with Gasteiger partial charge in [-0.05, 0) is 51.2 Å². The summed E-state index contributed by atoms with van der Waals surface area (Å²) in [6.07, 6.45) is -1.46. The molecule has 3 aliphatic heterocycles. The van der Waals surface area contributed by atoms with E-state index in [-0.39, 0.29) is 34.2 Å². The molecule has 4 rings (SSSR count). The van der Waals surface area contributed by atoms with Crippen molar-refractivity contribution in [2.24, 2.45) is 5.92 Å². The lowest BCUT2D eigenvalue weighted by Gasteiger charge is -2.42. The Bertz CT molecular complexity index is 1840. The number of likely N-dealkylation sites (N-methyl/N-ethyl adjacent to an activating group) is 1. The van der Waals surface area contributed by atoms with Crippen molar-refractivity contribution in [2.45, 2.75) is 120 Å². The highest BCUT2D eigenvalue weighted by molar-refractivity contribution is 7.81. The SMILES string of the molecule is [2H]C([2H])([2H])[C@H](C(=O)O[C@H]1CC(=O)N(C)c2cc(cc(OC)c2Cl)C/C(C)=C/C=C/[C@H](OC)[C@@]2(O)C[C@@H](OC(=O)N2)[C@@H](C)[C@@H]2O[C@]12C)N(C(=O)CCC(C)(C)S)C([2H])([2H])[2H]. The molecule has 1 aromatic rings. The first-order chi connectivity index (χ1) is 27.1. The Balaban J connectivity index is 1.85. The molecule has 0 saturated carbocycles. The van der Waals surface area contributed by atoms with E-state index in [0.717, 1.165) is 5.57 Å². The van der Waals surface area contributed by atoms with Gasteiger partial charge in [-0.15, -0.1) is 0 Å². The third kappa shape index (κ3) is 9.88. The fraction of sp³-hybridized carbons (Fsp3) is 0.632. The van der Waals surface area contributed by atoms with Gasteiger partial charge >= 0.3 is 12.1 Å². The Morgan fingerprint density at radius 3 is 2.64 bits per heavy atom. The number of aliphatic hydroxyl groups is 1. The van der Waals surface area contributed by atoms with Crippen molar-refractivity contribution in [3.05, 3.63) is 46.5 Å². The van der Waals surface area contributed by atoms with Crippen LogP contribution in [0.3, 0.4) is 0 Å². The van der Waals surface area contributed by atoms with Crippen LogP contribution in [-0.4, -0.2) is 109 Å². The third-order valence-corrected chi connectivity index (χ3v) is 10.5. The molecule has 3 heterocycles. The molecule has 2 fully saturated rings. The summed E-state index contributed by atoms with van der Waals surface area (Å²) in [5.74, 6) is -3.96. The minimum absolute atomic E-state index is 0.0274. The molecule has 3 aliphatic rings. The molecule has 2 N–H and O–H groups in total. The Morgan fingerprint density at radius 2 is 2.02 bits per heavy atom. The van der Waals surface area contributed by atoms with Gasteiger partial charge in [0.15, 0.2) is 5.72 Å². The number of alkyl carbamates (subject to hydrolysis) is 1. The van der Waals surface area contributed by atoms with Crippen molar-refractivity contribution in [3.63, 3.8) is 0 Å². The number of epoxide rings is 1. The smallest absolute Gasteiger partial charge is 0.409 e. The summed E-state index contributed by atoms with van der Waals surface area (Å²) in [5, 5.41) is 14.3. The van der Waals surface area contributed by atoms with Crippen LogP contribution in [0.4, 0.5) is 10.5 Å². The van der Waals surface area contributed by atoms with E-state index in [1.807, 2.05) is 6.92 Å². The van der Waals surface area contributed by atoms with Crippen LogP contribution in [0.25, 0.3) is 0 Å². The highest BCUT2D eigenvalue weighted by Crippen LogP contribution is 2.49. The van der Waals surface area contributed by atoms with Crippen molar-refractivity contribution in [1.29, 1.82) is 0 Å². The van der Waals surface area contributed by atoms with Crippen LogP contribution >= 0.6 is 24.2 Å². The maximum atomic E-state index is 14.3. The topological polar surface area (TPSA) is 156 Å². The summed E-state index contributed by atoms with van der Waals surface area (Å²) in [6.45, 7) is 1.54. The summed E-state index contributed by atoms with van der Waals surface area (Å²) in [6, 6.07) is 0.748. The molecule has 4 bridgehead atoms. The molecular formula is C38H54ClN3O10S. The number of carbonyl (C=O) groups excluding carboxylic acids is 4. The van der Waals surface area contributed by atoms with Gasteiger partial charge in [-0.25, -0.2) is 9.59 Å². The Labute approximate surface area is 331 Å². The van der Waals surface area contributed by atoms with Gasteiger partial charge in [0, 0.05) is 52.9 Å². The number of allylic oxidation sites excluding steroid dienone is 3. The second-order valence-electron chi connectivity index (χ2n) is 14.7. The third-order valence-electron chi connectivity index (χ3n) is 9.91. The van der Waals surface area contributed by atoms with Gasteiger partial charge in [0.05, 0.1) is 25.3 Å². The summed E-state index contributed by atoms with van der Waals surface area (Å²) < 4.78 is 77.2. The van der Waals surface area contributed by atoms with Gasteiger partial charge in [-0.3, -0.25) is 14.9 Å². The summed E-state index contributed by atoms with van der Waals surface area (Å²) in [5.41, 5.74) is -1.79. The number of nitrogens with one attached hydrogen (secondary N) is 1. The number of anilines is 1. The molecule has 0 aromatic heterocycles. The number of nitrogens with zero attached hydrogens (tertiary/aromatic N) is 2. The van der Waals surface area contributed by atoms with Crippen LogP contribution in [0.1, 0.15) is 80.9 Å². The first-order valence-corrected chi connectivity index (χ1v) is 18.0. The van der Waals surface area contributed by atoms with E-state index in [4.69, 9.17) is 43.5 Å². The average molecular weight is 786 g/mol. The van der Waals surface area contributed by atoms with Gasteiger partial charge in [-0.1, -0.05) is 56.2 Å². The largest absolute Gasteiger partial charge is 0.495 e. The van der Waals surface area contributed by atoms with E-state index >= 15 is 0 Å². The molecular weight excluding hydrogens is 726 g/mol. The maximum Gasteiger partial charge on any atom is 0.409 e. The first kappa shape index (κ1) is 34.2. The second kappa shape index (κ2) is 16.6. The Kier molecular flexibility index (Phi) is 10.7. The Hall–Kier alpha value is -3.30. The van der Waals surface area contributed by atoms with E-state index < -0.39 is 103 Å². The number of rotatable bonds is 8. The lowest BCUT2D eigenvalue weighted by molar-refractivity contribution is -0.162. The quantitative estimate of drug-likeness (QED) is 0.186. The molecule has 3 amide bonds. The fourth-order valence-electron chi connectivity index (χ4n) is 6.59. The number of carbonyl (C=O) groups is 4. The van der Waals surface area contributed by atoms with E-state index in [0.29, 0.717) is 12.0 Å². The van der Waals surface area contributed by atoms with Crippen LogP contribution in [-0.2, 0) is 39.8 Å². The van der Waals surface area contributed by atoms with Gasteiger partial charge in [0.25, 0.3) is 0 Å². The normalized spacial score (nSPS) is 33.7. The van der Waals surface area contributed by atoms with E-state index in [1.54, 1.807) is 51.1 Å². The van der Waals surface area contributed by atoms with Crippen molar-refractivity contribution >= 4 is 53.8 Å². The van der Waals surface area contributed by atoms with Crippen LogP contribution in [0, 0.1) is 5.92 Å². The van der Waals surface area contributed by atoms with E-state index in [2.05, 4.69) is 17.9 Å². The number of hydrogen-bond acceptors (Lipinski definition) is 11. The molecule has 0 unspecified atom stereocenters. The first-order valence-electron chi connectivity index (χ1n) is 20.2. The minimum Gasteiger partial charge on any atom is -0.495 e. The lowest BCUT2D eigenvalue weighted by atomic mass is 9.83. The predicted octanol–water partition coefficient (Wildman–Crippen LogP) is 5.00. The lowest BCUT2D eigenvalue weighted by Crippen LogP contribution is -2.63. The van der Waals surface area contributed by atoms with E-state index in [1.165, 1.54) is 33.1 Å². The van der Waals surface area contributed by atoms with Gasteiger partial charge in [-0.2, -0.15) is 12.6 Å². The van der Waals surface area contributed by atoms with Crippen LogP contribution in [0.15, 0.2) is 35.9 Å². The van der Waals surface area contributed by atoms with Crippen molar-refractivity contribution in [2.75, 3.05) is 33.1 Å². The average Bonchev–Trinajstić information content (AvgIpc) is 3.80. The molecule has 15 heteroatoms. The summed E-state index contributed by atoms with van der Waals surface area (Å²) >= 11 is 11.1. The number of thiol groups is 1. The number of halogens is 1. The monoisotopic (exact) mass is 785 g/mol. The Morgan fingerprint density at radius 1 is 1.30 bits per heavy atom. The number of hydrogen-bond donors (Lipinski definition) is 3. The number of benzene rings is 1. The highest BCUT2D eigenvalue weighted by Gasteiger charge is 2.64. The predicted molar refractivity (Wildman–Crippen MR) is 203 cm³/mol. The fourth-order valence-corrected chi connectivity index (χ4v) is 7.02. The number of methoxy groups -OCH3 is 2. The van der Waals surface area contributed by atoms with Gasteiger partial charge in [0.1, 0.15) is 40.7 Å². The molecule has 53 heavy (non-hydrogen) atoms. The van der Waals surface area contributed by atoms with Crippen LogP contribution < -0.4 is 15.0 Å². The van der Waals surface area contributed by atoms with Crippen LogP contribution in [0.5, 0.6) is 5.75 Å². The molecule has 2 saturated heterocycles. The minimum atomic E-state index is -3.41. The summed E-state index contributed by atoms with van der Waals surface area (Å²) in [4.78, 5) is 56.2. The molecule has 294 valence electrons. The van der Waals surface area contributed by atoms with E-state index in [9.17, 15) is 24.3 Å². The molecule has 13 nitrogen and oxygen atoms in total. The number of ether oxygens (including phenoxy) is 5. The van der Waals surface area contributed by atoms with Crippen molar-refractivity contribution in [3.8, 4) is 5.75 Å². The van der Waals surface area contributed by atoms with Crippen molar-refractivity contribution < 1.29 is 56.2 Å². The number of amides is 3. The van der Waals surface area contributed by atoms with Crippen molar-refractivity contribution in [1.82, 2.24) is 10.2 Å². The zero-order chi connectivity index (χ0) is 44.6.